The summed E-state index contributed by atoms with van der Waals surface area (Å²) in [5, 5.41) is 25.4. The van der Waals surface area contributed by atoms with E-state index in [1.807, 2.05) is 0 Å². The molecule has 0 radical (unpaired) electrons. The van der Waals surface area contributed by atoms with E-state index in [-0.39, 0.29) is 12.7 Å². The van der Waals surface area contributed by atoms with Gasteiger partial charge >= 0.3 is 0 Å². The smallest absolute Gasteiger partial charge is 0.0742 e. The maximum absolute atomic E-state index is 9.44. The van der Waals surface area contributed by atoms with Gasteiger partial charge in [-0.2, -0.15) is 0 Å². The van der Waals surface area contributed by atoms with E-state index in [1.165, 1.54) is 90.4 Å². The summed E-state index contributed by atoms with van der Waals surface area (Å²) in [6.07, 6.45) is 19.5. The van der Waals surface area contributed by atoms with Gasteiger partial charge in [-0.3, -0.25) is 0 Å². The highest BCUT2D eigenvalue weighted by atomic mass is 16.3. The molecule has 0 rings (SSSR count). The Hall–Kier alpha value is -0.120. The number of aliphatic hydroxyl groups is 3. The van der Waals surface area contributed by atoms with Gasteiger partial charge in [0.25, 0.3) is 0 Å². The molecule has 3 heteroatoms. The number of rotatable bonds is 16. The van der Waals surface area contributed by atoms with Crippen LogP contribution in [0.3, 0.4) is 0 Å². The molecule has 0 aromatic rings. The second kappa shape index (κ2) is 22.9. The lowest BCUT2D eigenvalue weighted by atomic mass is 10.0. The summed E-state index contributed by atoms with van der Waals surface area (Å²) >= 11 is 0. The van der Waals surface area contributed by atoms with Crippen LogP contribution in [0.15, 0.2) is 0 Å². The third-order valence-corrected chi connectivity index (χ3v) is 4.38. The normalized spacial score (nSPS) is 13.2. The van der Waals surface area contributed by atoms with Crippen molar-refractivity contribution in [3.8, 4) is 0 Å². The summed E-state index contributed by atoms with van der Waals surface area (Å²) in [5.41, 5.74) is 0. The minimum absolute atomic E-state index is 0.0484. The highest BCUT2D eigenvalue weighted by molar-refractivity contribution is 4.53. The van der Waals surface area contributed by atoms with Gasteiger partial charge in [-0.1, -0.05) is 97.3 Å². The summed E-state index contributed by atoms with van der Waals surface area (Å²) in [6, 6.07) is 0. The topological polar surface area (TPSA) is 60.7 Å². The van der Waals surface area contributed by atoms with E-state index in [2.05, 4.69) is 13.8 Å². The van der Waals surface area contributed by atoms with Gasteiger partial charge in [-0.15, -0.1) is 0 Å². The Morgan fingerprint density at radius 2 is 0.958 bits per heavy atom. The van der Waals surface area contributed by atoms with Crippen LogP contribution in [-0.4, -0.2) is 34.1 Å². The van der Waals surface area contributed by atoms with E-state index in [4.69, 9.17) is 10.2 Å². The molecule has 0 bridgehead atoms. The van der Waals surface area contributed by atoms with E-state index < -0.39 is 6.10 Å². The molecule has 0 fully saturated rings. The van der Waals surface area contributed by atoms with Crippen LogP contribution >= 0.6 is 0 Å². The fourth-order valence-electron chi connectivity index (χ4n) is 2.60. The molecule has 3 N–H and O–H groups in total. The molecule has 0 spiro atoms. The van der Waals surface area contributed by atoms with Crippen molar-refractivity contribution in [3.05, 3.63) is 0 Å². The van der Waals surface area contributed by atoms with Crippen LogP contribution in [0.25, 0.3) is 0 Å². The van der Waals surface area contributed by atoms with Crippen LogP contribution in [0.2, 0.25) is 0 Å². The molecule has 0 heterocycles. The van der Waals surface area contributed by atoms with Crippen molar-refractivity contribution in [2.24, 2.45) is 0 Å². The van der Waals surface area contributed by atoms with Crippen molar-refractivity contribution in [2.75, 3.05) is 6.61 Å². The lowest BCUT2D eigenvalue weighted by Gasteiger charge is -2.06. The molecule has 0 aliphatic carbocycles. The zero-order valence-electron chi connectivity index (χ0n) is 16.8. The molecule has 24 heavy (non-hydrogen) atoms. The average Bonchev–Trinajstić information content (AvgIpc) is 2.59. The summed E-state index contributed by atoms with van der Waals surface area (Å²) in [4.78, 5) is 0. The Kier molecular flexibility index (Phi) is 24.9. The molecule has 3 nitrogen and oxygen atoms in total. The van der Waals surface area contributed by atoms with Crippen LogP contribution < -0.4 is 0 Å². The van der Waals surface area contributed by atoms with E-state index in [0.29, 0.717) is 0 Å². The van der Waals surface area contributed by atoms with E-state index in [1.54, 1.807) is 0 Å². The number of hydrogen-bond donors (Lipinski definition) is 3. The molecule has 0 aromatic heterocycles. The monoisotopic (exact) mass is 346 g/mol. The van der Waals surface area contributed by atoms with Crippen molar-refractivity contribution in [1.29, 1.82) is 0 Å². The number of aliphatic hydroxyl groups excluding tert-OH is 3. The molecule has 2 atom stereocenters. The molecule has 0 aromatic carbocycles. The van der Waals surface area contributed by atoms with Crippen LogP contribution in [0.5, 0.6) is 0 Å². The predicted molar refractivity (Wildman–Crippen MR) is 105 cm³/mol. The van der Waals surface area contributed by atoms with Gasteiger partial charge in [0.15, 0.2) is 0 Å². The van der Waals surface area contributed by atoms with Crippen LogP contribution in [-0.2, 0) is 0 Å². The van der Waals surface area contributed by atoms with Gasteiger partial charge in [0.1, 0.15) is 0 Å². The lowest BCUT2D eigenvalue weighted by molar-refractivity contribution is 0.110. The first-order valence-electron chi connectivity index (χ1n) is 10.5. The standard InChI is InChI=1S/C18H38O.C3H8O2/c1-3-5-6-7-8-9-10-11-12-13-14-15-16-17-18(19)4-2;1-3(5)2-4/h18-19H,3-17H2,1-2H3;3-5H,2H2,1H3. The van der Waals surface area contributed by atoms with Crippen molar-refractivity contribution in [1.82, 2.24) is 0 Å². The summed E-state index contributed by atoms with van der Waals surface area (Å²) in [6.45, 7) is 5.73. The minimum atomic E-state index is -0.560. The zero-order valence-corrected chi connectivity index (χ0v) is 16.8. The van der Waals surface area contributed by atoms with Gasteiger partial charge in [-0.05, 0) is 19.8 Å². The van der Waals surface area contributed by atoms with Crippen LogP contribution in [0.4, 0.5) is 0 Å². The quantitative estimate of drug-likeness (QED) is 0.319. The Bertz CT molecular complexity index is 207. The van der Waals surface area contributed by atoms with Crippen molar-refractivity contribution in [2.45, 2.75) is 129 Å². The molecule has 0 amide bonds. The van der Waals surface area contributed by atoms with E-state index >= 15 is 0 Å². The highest BCUT2D eigenvalue weighted by Gasteiger charge is 1.99. The van der Waals surface area contributed by atoms with Crippen molar-refractivity contribution >= 4 is 0 Å². The Labute approximate surface area is 151 Å². The maximum Gasteiger partial charge on any atom is 0.0742 e. The van der Waals surface area contributed by atoms with Crippen molar-refractivity contribution < 1.29 is 15.3 Å². The Morgan fingerprint density at radius 3 is 1.25 bits per heavy atom. The second-order valence-electron chi connectivity index (χ2n) is 7.12. The minimum Gasteiger partial charge on any atom is -0.394 e. The Balaban J connectivity index is 0. The third kappa shape index (κ3) is 26.8. The zero-order chi connectivity index (χ0) is 18.5. The Morgan fingerprint density at radius 1 is 0.625 bits per heavy atom. The third-order valence-electron chi connectivity index (χ3n) is 4.38. The largest absolute Gasteiger partial charge is 0.394 e. The van der Waals surface area contributed by atoms with Crippen molar-refractivity contribution in [3.63, 3.8) is 0 Å². The summed E-state index contributed by atoms with van der Waals surface area (Å²) in [7, 11) is 0. The van der Waals surface area contributed by atoms with Gasteiger partial charge in [0.05, 0.1) is 18.8 Å². The molecular weight excluding hydrogens is 300 g/mol. The fraction of sp³-hybridized carbons (Fsp3) is 1.00. The van der Waals surface area contributed by atoms with Crippen LogP contribution in [0.1, 0.15) is 117 Å². The first-order valence-corrected chi connectivity index (χ1v) is 10.5. The molecule has 0 saturated carbocycles. The molecule has 2 unspecified atom stereocenters. The molecule has 0 saturated heterocycles. The first kappa shape index (κ1) is 26.1. The van der Waals surface area contributed by atoms with Gasteiger partial charge in [0, 0.05) is 0 Å². The van der Waals surface area contributed by atoms with E-state index in [0.717, 1.165) is 12.8 Å². The van der Waals surface area contributed by atoms with Crippen LogP contribution in [0, 0.1) is 0 Å². The highest BCUT2D eigenvalue weighted by Crippen LogP contribution is 2.13. The SMILES string of the molecule is CC(O)CO.CCCCCCCCCCCCCCCC(O)CC. The average molecular weight is 347 g/mol. The van der Waals surface area contributed by atoms with Gasteiger partial charge in [-0.25, -0.2) is 0 Å². The predicted octanol–water partition coefficient (Wildman–Crippen LogP) is 5.60. The molecule has 0 aliphatic heterocycles. The first-order chi connectivity index (χ1) is 11.6. The fourth-order valence-corrected chi connectivity index (χ4v) is 2.60. The number of hydrogen-bond acceptors (Lipinski definition) is 3. The number of unbranched alkanes of at least 4 members (excludes halogenated alkanes) is 12. The maximum atomic E-state index is 9.44. The molecule has 0 aliphatic rings. The molecular formula is C21H46O3. The van der Waals surface area contributed by atoms with Gasteiger partial charge < -0.3 is 15.3 Å². The van der Waals surface area contributed by atoms with E-state index in [9.17, 15) is 5.11 Å². The summed E-state index contributed by atoms with van der Waals surface area (Å²) < 4.78 is 0. The molecule has 148 valence electrons. The second-order valence-corrected chi connectivity index (χ2v) is 7.12. The lowest BCUT2D eigenvalue weighted by Crippen LogP contribution is -2.03. The summed E-state index contributed by atoms with van der Waals surface area (Å²) in [5.74, 6) is 0. The van der Waals surface area contributed by atoms with Gasteiger partial charge in [0.2, 0.25) is 0 Å².